The van der Waals surface area contributed by atoms with E-state index in [-0.39, 0.29) is 12.5 Å². The molecule has 2 aliphatic rings. The van der Waals surface area contributed by atoms with E-state index in [1.54, 1.807) is 20.8 Å². The molecular formula is C24H38N2O5. The van der Waals surface area contributed by atoms with Crippen molar-refractivity contribution in [3.63, 3.8) is 0 Å². The average Bonchev–Trinajstić information content (AvgIpc) is 3.09. The topological polar surface area (TPSA) is 102 Å². The number of hydrogen-bond donors (Lipinski definition) is 2. The Labute approximate surface area is 185 Å². The maximum absolute atomic E-state index is 12.3. The van der Waals surface area contributed by atoms with Crippen LogP contribution in [0.25, 0.3) is 0 Å². The third kappa shape index (κ3) is 9.70. The summed E-state index contributed by atoms with van der Waals surface area (Å²) in [4.78, 5) is 24.9. The molecule has 0 spiro atoms. The van der Waals surface area contributed by atoms with Gasteiger partial charge in [0, 0.05) is 12.1 Å². The minimum absolute atomic E-state index is 0.107. The molecule has 0 unspecified atom stereocenters. The van der Waals surface area contributed by atoms with E-state index in [1.165, 1.54) is 37.0 Å². The molecule has 1 aromatic carbocycles. The minimum Gasteiger partial charge on any atom is -0.481 e. The zero-order valence-corrected chi connectivity index (χ0v) is 19.1. The SMILES string of the molecule is CC(C)(C)OC(=O)N1C[C@H](OCc2ccccc2)C[C@H]1CC(=O)O.NC1CCCCC1. The maximum Gasteiger partial charge on any atom is 0.410 e. The standard InChI is InChI=1S/C18H25NO5.C6H13N/c1-18(2,3)24-17(22)19-11-15(9-14(19)10-16(20)21)23-12-13-7-5-4-6-8-13;7-6-4-2-1-3-5-6/h4-8,14-15H,9-12H2,1-3H3,(H,20,21);6H,1-5,7H2/t14-,15+;/m0./s1. The molecule has 0 radical (unpaired) electrons. The summed E-state index contributed by atoms with van der Waals surface area (Å²) in [5, 5.41) is 9.08. The zero-order chi connectivity index (χ0) is 22.9. The number of rotatable bonds is 5. The second kappa shape index (κ2) is 12.1. The normalized spacial score (nSPS) is 21.9. The summed E-state index contributed by atoms with van der Waals surface area (Å²) in [5.74, 6) is -0.933. The lowest BCUT2D eigenvalue weighted by Crippen LogP contribution is -2.41. The molecule has 0 bridgehead atoms. The van der Waals surface area contributed by atoms with Gasteiger partial charge in [0.15, 0.2) is 0 Å². The van der Waals surface area contributed by atoms with Crippen LogP contribution in [0.5, 0.6) is 0 Å². The quantitative estimate of drug-likeness (QED) is 0.715. The zero-order valence-electron chi connectivity index (χ0n) is 19.1. The maximum atomic E-state index is 12.3. The number of carboxylic acids is 1. The Bertz CT molecular complexity index is 683. The van der Waals surface area contributed by atoms with E-state index in [1.807, 2.05) is 30.3 Å². The molecule has 174 valence electrons. The molecule has 3 N–H and O–H groups in total. The van der Waals surface area contributed by atoms with Crippen molar-refractivity contribution in [1.29, 1.82) is 0 Å². The molecule has 2 atom stereocenters. The molecule has 1 saturated heterocycles. The minimum atomic E-state index is -0.933. The van der Waals surface area contributed by atoms with Crippen LogP contribution in [0.1, 0.15) is 71.3 Å². The number of nitrogens with zero attached hydrogens (tertiary/aromatic N) is 1. The monoisotopic (exact) mass is 434 g/mol. The van der Waals surface area contributed by atoms with Crippen molar-refractivity contribution >= 4 is 12.1 Å². The average molecular weight is 435 g/mol. The van der Waals surface area contributed by atoms with Gasteiger partial charge in [-0.2, -0.15) is 0 Å². The van der Waals surface area contributed by atoms with Crippen molar-refractivity contribution in [3.8, 4) is 0 Å². The van der Waals surface area contributed by atoms with E-state index in [0.717, 1.165) is 5.56 Å². The van der Waals surface area contributed by atoms with E-state index in [0.29, 0.717) is 25.6 Å². The van der Waals surface area contributed by atoms with Gasteiger partial charge in [0.25, 0.3) is 0 Å². The van der Waals surface area contributed by atoms with Crippen molar-refractivity contribution in [2.24, 2.45) is 5.73 Å². The van der Waals surface area contributed by atoms with E-state index in [4.69, 9.17) is 20.3 Å². The Kier molecular flexibility index (Phi) is 9.78. The van der Waals surface area contributed by atoms with Gasteiger partial charge >= 0.3 is 12.1 Å². The summed E-state index contributed by atoms with van der Waals surface area (Å²) in [6, 6.07) is 9.88. The van der Waals surface area contributed by atoms with E-state index >= 15 is 0 Å². The van der Waals surface area contributed by atoms with Crippen LogP contribution in [0.3, 0.4) is 0 Å². The van der Waals surface area contributed by atoms with Crippen LogP contribution in [0.2, 0.25) is 0 Å². The number of benzene rings is 1. The van der Waals surface area contributed by atoms with Crippen molar-refractivity contribution in [2.45, 2.75) is 96.1 Å². The molecule has 1 amide bonds. The van der Waals surface area contributed by atoms with Crippen molar-refractivity contribution in [1.82, 2.24) is 4.90 Å². The Balaban J connectivity index is 0.000000412. The molecule has 7 nitrogen and oxygen atoms in total. The lowest BCUT2D eigenvalue weighted by molar-refractivity contribution is -0.138. The van der Waals surface area contributed by atoms with Gasteiger partial charge in [0.05, 0.1) is 25.7 Å². The largest absolute Gasteiger partial charge is 0.481 e. The van der Waals surface area contributed by atoms with Crippen LogP contribution < -0.4 is 5.73 Å². The number of nitrogens with two attached hydrogens (primary N) is 1. The summed E-state index contributed by atoms with van der Waals surface area (Å²) in [6.07, 6.45) is 6.38. The summed E-state index contributed by atoms with van der Waals surface area (Å²) in [7, 11) is 0. The van der Waals surface area contributed by atoms with Gasteiger partial charge in [-0.25, -0.2) is 4.79 Å². The Morgan fingerprint density at radius 2 is 1.77 bits per heavy atom. The number of ether oxygens (including phenoxy) is 2. The molecule has 1 aliphatic carbocycles. The number of aliphatic carboxylic acids is 1. The fraction of sp³-hybridized carbons (Fsp3) is 0.667. The Morgan fingerprint density at radius 3 is 2.29 bits per heavy atom. The van der Waals surface area contributed by atoms with Crippen LogP contribution in [-0.2, 0) is 20.9 Å². The molecular weight excluding hydrogens is 396 g/mol. The number of hydrogen-bond acceptors (Lipinski definition) is 5. The summed E-state index contributed by atoms with van der Waals surface area (Å²) >= 11 is 0. The molecule has 1 saturated carbocycles. The van der Waals surface area contributed by atoms with Crippen molar-refractivity contribution in [3.05, 3.63) is 35.9 Å². The smallest absolute Gasteiger partial charge is 0.410 e. The molecule has 1 aliphatic heterocycles. The predicted octanol–water partition coefficient (Wildman–Crippen LogP) is 4.33. The first-order chi connectivity index (χ1) is 14.6. The van der Waals surface area contributed by atoms with Gasteiger partial charge in [-0.3, -0.25) is 4.79 Å². The molecule has 3 rings (SSSR count). The van der Waals surface area contributed by atoms with Gasteiger partial charge in [0.1, 0.15) is 5.60 Å². The summed E-state index contributed by atoms with van der Waals surface area (Å²) < 4.78 is 11.3. The first kappa shape index (κ1) is 25.1. The number of carboxylic acid groups (broad SMARTS) is 1. The highest BCUT2D eigenvalue weighted by Gasteiger charge is 2.39. The highest BCUT2D eigenvalue weighted by Crippen LogP contribution is 2.26. The Hall–Kier alpha value is -2.12. The number of carbonyl (C=O) groups is 2. The van der Waals surface area contributed by atoms with Crippen LogP contribution >= 0.6 is 0 Å². The fourth-order valence-corrected chi connectivity index (χ4v) is 3.86. The van der Waals surface area contributed by atoms with Gasteiger partial charge in [-0.15, -0.1) is 0 Å². The van der Waals surface area contributed by atoms with E-state index in [2.05, 4.69) is 0 Å². The van der Waals surface area contributed by atoms with Crippen molar-refractivity contribution < 1.29 is 24.2 Å². The molecule has 7 heteroatoms. The van der Waals surface area contributed by atoms with Gasteiger partial charge in [-0.1, -0.05) is 49.6 Å². The third-order valence-electron chi connectivity index (χ3n) is 5.39. The number of amides is 1. The van der Waals surface area contributed by atoms with Crippen LogP contribution in [-0.4, -0.2) is 52.4 Å². The number of likely N-dealkylation sites (tertiary alicyclic amines) is 1. The Morgan fingerprint density at radius 1 is 1.13 bits per heavy atom. The molecule has 0 aromatic heterocycles. The second-order valence-corrected chi connectivity index (χ2v) is 9.44. The van der Waals surface area contributed by atoms with Gasteiger partial charge in [0.2, 0.25) is 0 Å². The fourth-order valence-electron chi connectivity index (χ4n) is 3.86. The van der Waals surface area contributed by atoms with Gasteiger partial charge in [-0.05, 0) is 45.6 Å². The number of carbonyl (C=O) groups excluding carboxylic acids is 1. The van der Waals surface area contributed by atoms with Crippen LogP contribution in [0.15, 0.2) is 30.3 Å². The van der Waals surface area contributed by atoms with Crippen LogP contribution in [0, 0.1) is 0 Å². The first-order valence-corrected chi connectivity index (χ1v) is 11.3. The second-order valence-electron chi connectivity index (χ2n) is 9.44. The van der Waals surface area contributed by atoms with E-state index in [9.17, 15) is 9.59 Å². The summed E-state index contributed by atoms with van der Waals surface area (Å²) in [6.45, 7) is 6.15. The highest BCUT2D eigenvalue weighted by molar-refractivity contribution is 5.72. The molecule has 1 aromatic rings. The van der Waals surface area contributed by atoms with E-state index < -0.39 is 23.7 Å². The van der Waals surface area contributed by atoms with Crippen molar-refractivity contribution in [2.75, 3.05) is 6.54 Å². The van der Waals surface area contributed by atoms with Crippen LogP contribution in [0.4, 0.5) is 4.79 Å². The lowest BCUT2D eigenvalue weighted by atomic mass is 9.97. The first-order valence-electron chi connectivity index (χ1n) is 11.3. The van der Waals surface area contributed by atoms with Gasteiger partial charge < -0.3 is 25.2 Å². The third-order valence-corrected chi connectivity index (χ3v) is 5.39. The molecule has 2 fully saturated rings. The lowest BCUT2D eigenvalue weighted by Gasteiger charge is -2.27. The predicted molar refractivity (Wildman–Crippen MR) is 120 cm³/mol. The molecule has 1 heterocycles. The molecule has 31 heavy (non-hydrogen) atoms. The summed E-state index contributed by atoms with van der Waals surface area (Å²) in [5.41, 5.74) is 6.06. The highest BCUT2D eigenvalue weighted by atomic mass is 16.6.